The third-order valence-electron chi connectivity index (χ3n) is 3.33. The zero-order chi connectivity index (χ0) is 18.4. The van der Waals surface area contributed by atoms with Crippen molar-refractivity contribution >= 4 is 17.9 Å². The second-order valence-corrected chi connectivity index (χ2v) is 5.43. The number of urea groups is 1. The Morgan fingerprint density at radius 2 is 1.58 bits per heavy atom. The first-order valence-corrected chi connectivity index (χ1v) is 7.25. The fourth-order valence-corrected chi connectivity index (χ4v) is 2.07. The molecule has 0 saturated carbocycles. The molecule has 0 saturated heterocycles. The first-order valence-electron chi connectivity index (χ1n) is 7.25. The Balaban J connectivity index is 3.08. The minimum absolute atomic E-state index is 0.159. The zero-order valence-corrected chi connectivity index (χ0v) is 14.3. The summed E-state index contributed by atoms with van der Waals surface area (Å²) in [6.07, 6.45) is -1.16. The number of carbonyl (C=O) groups excluding carboxylic acids is 3. The normalized spacial score (nSPS) is 11.6. The van der Waals surface area contributed by atoms with Crippen LogP contribution in [0.3, 0.4) is 0 Å². The van der Waals surface area contributed by atoms with Crippen molar-refractivity contribution in [3.05, 3.63) is 23.3 Å². The number of carbonyl (C=O) groups is 3. The van der Waals surface area contributed by atoms with Gasteiger partial charge in [0.1, 0.15) is 11.5 Å². The number of esters is 1. The maximum absolute atomic E-state index is 12.4. The molecule has 1 aromatic carbocycles. The molecule has 0 fully saturated rings. The summed E-state index contributed by atoms with van der Waals surface area (Å²) in [4.78, 5) is 35.1. The zero-order valence-electron chi connectivity index (χ0n) is 14.3. The van der Waals surface area contributed by atoms with Gasteiger partial charge in [-0.15, -0.1) is 0 Å². The van der Waals surface area contributed by atoms with Gasteiger partial charge in [0.15, 0.2) is 6.10 Å². The van der Waals surface area contributed by atoms with Crippen molar-refractivity contribution in [3.8, 4) is 11.5 Å². The van der Waals surface area contributed by atoms with Gasteiger partial charge >= 0.3 is 12.0 Å². The Labute approximate surface area is 140 Å². The van der Waals surface area contributed by atoms with E-state index in [4.69, 9.17) is 19.9 Å². The van der Waals surface area contributed by atoms with Crippen LogP contribution in [0.1, 0.15) is 29.8 Å². The maximum atomic E-state index is 12.4. The first kappa shape index (κ1) is 19.3. The summed E-state index contributed by atoms with van der Waals surface area (Å²) in [7, 11) is 2.93. The summed E-state index contributed by atoms with van der Waals surface area (Å²) >= 11 is 0. The number of ether oxygens (including phenoxy) is 3. The number of nitrogens with two attached hydrogens (primary N) is 1. The molecular weight excluding hydrogens is 316 g/mol. The van der Waals surface area contributed by atoms with Gasteiger partial charge in [-0.1, -0.05) is 13.8 Å². The summed E-state index contributed by atoms with van der Waals surface area (Å²) in [5, 5.41) is 1.91. The smallest absolute Gasteiger partial charge is 0.339 e. The van der Waals surface area contributed by atoms with Crippen molar-refractivity contribution in [1.82, 2.24) is 5.32 Å². The van der Waals surface area contributed by atoms with Crippen LogP contribution in [0.2, 0.25) is 0 Å². The molecule has 1 unspecified atom stereocenters. The lowest BCUT2D eigenvalue weighted by Gasteiger charge is -2.20. The number of primary amides is 1. The van der Waals surface area contributed by atoms with Gasteiger partial charge in [-0.25, -0.2) is 9.59 Å². The molecule has 8 heteroatoms. The lowest BCUT2D eigenvalue weighted by Crippen LogP contribution is -2.45. The van der Waals surface area contributed by atoms with E-state index in [0.717, 1.165) is 5.56 Å². The molecule has 3 amide bonds. The molecule has 1 rings (SSSR count). The Bertz CT molecular complexity index is 616. The van der Waals surface area contributed by atoms with Crippen LogP contribution < -0.4 is 20.5 Å². The highest BCUT2D eigenvalue weighted by Crippen LogP contribution is 2.30. The fourth-order valence-electron chi connectivity index (χ4n) is 2.07. The van der Waals surface area contributed by atoms with E-state index in [9.17, 15) is 14.4 Å². The maximum Gasteiger partial charge on any atom is 0.339 e. The van der Waals surface area contributed by atoms with Gasteiger partial charge in [-0.05, 0) is 25.0 Å². The molecule has 24 heavy (non-hydrogen) atoms. The van der Waals surface area contributed by atoms with Crippen LogP contribution in [0.5, 0.6) is 11.5 Å². The van der Waals surface area contributed by atoms with Gasteiger partial charge in [0.2, 0.25) is 0 Å². The van der Waals surface area contributed by atoms with E-state index in [0.29, 0.717) is 11.5 Å². The average Bonchev–Trinajstić information content (AvgIpc) is 2.51. The minimum atomic E-state index is -1.16. The van der Waals surface area contributed by atoms with Crippen molar-refractivity contribution in [2.24, 2.45) is 11.7 Å². The van der Waals surface area contributed by atoms with Crippen LogP contribution >= 0.6 is 0 Å². The quantitative estimate of drug-likeness (QED) is 0.757. The van der Waals surface area contributed by atoms with Crippen LogP contribution in [0.15, 0.2) is 12.1 Å². The van der Waals surface area contributed by atoms with Crippen LogP contribution in [-0.4, -0.2) is 38.2 Å². The summed E-state index contributed by atoms with van der Waals surface area (Å²) in [5.41, 5.74) is 5.81. The SMILES string of the molecule is COc1cc(C(=O)OC(C(=O)NC(N)=O)C(C)C)cc(OC)c1C. The highest BCUT2D eigenvalue weighted by atomic mass is 16.5. The highest BCUT2D eigenvalue weighted by molar-refractivity contribution is 5.98. The number of hydrogen-bond acceptors (Lipinski definition) is 6. The third kappa shape index (κ3) is 4.61. The van der Waals surface area contributed by atoms with Crippen molar-refractivity contribution in [2.75, 3.05) is 14.2 Å². The lowest BCUT2D eigenvalue weighted by molar-refractivity contribution is -0.130. The number of hydrogen-bond donors (Lipinski definition) is 2. The molecule has 0 heterocycles. The predicted molar refractivity (Wildman–Crippen MR) is 86.1 cm³/mol. The molecule has 0 aliphatic rings. The molecule has 132 valence electrons. The number of nitrogens with one attached hydrogen (secondary N) is 1. The van der Waals surface area contributed by atoms with Gasteiger partial charge in [0, 0.05) is 5.56 Å². The van der Waals surface area contributed by atoms with Gasteiger partial charge in [-0.3, -0.25) is 10.1 Å². The molecule has 8 nitrogen and oxygen atoms in total. The molecular formula is C16H22N2O6. The predicted octanol–water partition coefficient (Wildman–Crippen LogP) is 1.39. The highest BCUT2D eigenvalue weighted by Gasteiger charge is 2.28. The minimum Gasteiger partial charge on any atom is -0.496 e. The fraction of sp³-hybridized carbons (Fsp3) is 0.438. The second-order valence-electron chi connectivity index (χ2n) is 5.43. The van der Waals surface area contributed by atoms with Crippen LogP contribution in [0.4, 0.5) is 4.79 Å². The topological polar surface area (TPSA) is 117 Å². The van der Waals surface area contributed by atoms with Gasteiger partial charge in [-0.2, -0.15) is 0 Å². The molecule has 1 atom stereocenters. The van der Waals surface area contributed by atoms with Crippen LogP contribution in [0, 0.1) is 12.8 Å². The monoisotopic (exact) mass is 338 g/mol. The molecule has 0 spiro atoms. The molecule has 1 aromatic rings. The molecule has 0 aromatic heterocycles. The molecule has 3 N–H and O–H groups in total. The van der Waals surface area contributed by atoms with Gasteiger partial charge in [0.05, 0.1) is 19.8 Å². The van der Waals surface area contributed by atoms with E-state index < -0.39 is 24.0 Å². The van der Waals surface area contributed by atoms with E-state index in [2.05, 4.69) is 0 Å². The third-order valence-corrected chi connectivity index (χ3v) is 3.33. The van der Waals surface area contributed by atoms with Gasteiger partial charge in [0.25, 0.3) is 5.91 Å². The molecule has 0 aliphatic carbocycles. The van der Waals surface area contributed by atoms with Crippen LogP contribution in [-0.2, 0) is 9.53 Å². The van der Waals surface area contributed by atoms with Crippen molar-refractivity contribution in [1.29, 1.82) is 0 Å². The van der Waals surface area contributed by atoms with E-state index in [1.165, 1.54) is 26.4 Å². The number of rotatable bonds is 6. The number of benzene rings is 1. The summed E-state index contributed by atoms with van der Waals surface area (Å²) in [5.74, 6) is -0.989. The number of amides is 3. The average molecular weight is 338 g/mol. The summed E-state index contributed by atoms with van der Waals surface area (Å²) < 4.78 is 15.6. The Morgan fingerprint density at radius 1 is 1.08 bits per heavy atom. The van der Waals surface area contributed by atoms with Crippen LogP contribution in [0.25, 0.3) is 0 Å². The van der Waals surface area contributed by atoms with Gasteiger partial charge < -0.3 is 19.9 Å². The second kappa shape index (κ2) is 8.19. The Hall–Kier alpha value is -2.77. The molecule has 0 radical (unpaired) electrons. The Morgan fingerprint density at radius 3 is 1.96 bits per heavy atom. The summed E-state index contributed by atoms with van der Waals surface area (Å²) in [6, 6.07) is 1.97. The van der Waals surface area contributed by atoms with Crippen molar-refractivity contribution < 1.29 is 28.6 Å². The van der Waals surface area contributed by atoms with E-state index in [1.54, 1.807) is 20.8 Å². The van der Waals surface area contributed by atoms with Crippen molar-refractivity contribution in [3.63, 3.8) is 0 Å². The lowest BCUT2D eigenvalue weighted by atomic mass is 10.1. The molecule has 0 bridgehead atoms. The van der Waals surface area contributed by atoms with E-state index in [-0.39, 0.29) is 11.5 Å². The van der Waals surface area contributed by atoms with E-state index in [1.807, 2.05) is 5.32 Å². The first-order chi connectivity index (χ1) is 11.2. The van der Waals surface area contributed by atoms with E-state index >= 15 is 0 Å². The standard InChI is InChI=1S/C16H22N2O6/c1-8(2)13(14(19)18-16(17)21)24-15(20)10-6-11(22-4)9(3)12(7-10)23-5/h6-8,13H,1-5H3,(H3,17,18,19,21). The Kier molecular flexibility index (Phi) is 6.58. The number of methoxy groups -OCH3 is 2. The largest absolute Gasteiger partial charge is 0.496 e. The molecule has 0 aliphatic heterocycles. The van der Waals surface area contributed by atoms with Crippen molar-refractivity contribution in [2.45, 2.75) is 26.9 Å². The summed E-state index contributed by atoms with van der Waals surface area (Å²) in [6.45, 7) is 5.13. The number of imide groups is 1.